The second kappa shape index (κ2) is 9.36. The lowest BCUT2D eigenvalue weighted by atomic mass is 10.2. The minimum Gasteiger partial charge on any atom is -0.461 e. The van der Waals surface area contributed by atoms with Gasteiger partial charge in [-0.3, -0.25) is 5.32 Å². The zero-order valence-corrected chi connectivity index (χ0v) is 15.4. The SMILES string of the molecule is COCCOc1nc(N)c2c(n1)N(Cc1ccccc1)C(NCCCO)N2. The molecule has 9 nitrogen and oxygen atoms in total. The lowest BCUT2D eigenvalue weighted by molar-refractivity contribution is 0.141. The fraction of sp³-hybridized carbons (Fsp3) is 0.444. The van der Waals surface area contributed by atoms with Crippen LogP contribution in [0.4, 0.5) is 17.3 Å². The molecule has 1 unspecified atom stereocenters. The van der Waals surface area contributed by atoms with Crippen molar-refractivity contribution in [3.63, 3.8) is 0 Å². The molecule has 5 N–H and O–H groups in total. The molecule has 3 rings (SSSR count). The summed E-state index contributed by atoms with van der Waals surface area (Å²) >= 11 is 0. The van der Waals surface area contributed by atoms with Crippen LogP contribution < -0.4 is 26.0 Å². The van der Waals surface area contributed by atoms with Crippen LogP contribution in [-0.2, 0) is 11.3 Å². The van der Waals surface area contributed by atoms with Crippen molar-refractivity contribution in [1.82, 2.24) is 15.3 Å². The fourth-order valence-electron chi connectivity index (χ4n) is 2.83. The first-order valence-corrected chi connectivity index (χ1v) is 8.93. The first kappa shape index (κ1) is 19.2. The number of aromatic nitrogens is 2. The van der Waals surface area contributed by atoms with E-state index in [-0.39, 0.29) is 18.9 Å². The van der Waals surface area contributed by atoms with Crippen molar-refractivity contribution >= 4 is 17.3 Å². The van der Waals surface area contributed by atoms with Gasteiger partial charge in [-0.2, -0.15) is 9.97 Å². The first-order valence-electron chi connectivity index (χ1n) is 8.93. The standard InChI is InChI=1S/C18H26N6O3/c1-26-10-11-27-18-22-15(19)14-16(23-18)24(12-13-6-3-2-4-7-13)17(21-14)20-8-5-9-25/h2-4,6-7,17,20-21,25H,5,8-12H2,1H3,(H2,19,22,23). The van der Waals surface area contributed by atoms with Gasteiger partial charge in [0.05, 0.1) is 6.61 Å². The van der Waals surface area contributed by atoms with Crippen LogP contribution >= 0.6 is 0 Å². The summed E-state index contributed by atoms with van der Waals surface area (Å²) in [5.74, 6) is 1.01. The summed E-state index contributed by atoms with van der Waals surface area (Å²) in [5.41, 5.74) is 7.94. The van der Waals surface area contributed by atoms with E-state index in [2.05, 4.69) is 37.6 Å². The number of benzene rings is 1. The molecule has 2 heterocycles. The number of hydrogen-bond donors (Lipinski definition) is 4. The Kier molecular flexibility index (Phi) is 6.64. The summed E-state index contributed by atoms with van der Waals surface area (Å²) < 4.78 is 10.5. The van der Waals surface area contributed by atoms with E-state index in [1.165, 1.54) is 0 Å². The van der Waals surface area contributed by atoms with Crippen LogP contribution in [0.1, 0.15) is 12.0 Å². The van der Waals surface area contributed by atoms with E-state index in [4.69, 9.17) is 20.3 Å². The first-order chi connectivity index (χ1) is 13.2. The third kappa shape index (κ3) is 4.76. The summed E-state index contributed by atoms with van der Waals surface area (Å²) in [6.07, 6.45) is 0.442. The molecule has 1 atom stereocenters. The van der Waals surface area contributed by atoms with Gasteiger partial charge >= 0.3 is 6.01 Å². The van der Waals surface area contributed by atoms with E-state index in [1.54, 1.807) is 7.11 Å². The molecule has 0 amide bonds. The smallest absolute Gasteiger partial charge is 0.320 e. The zero-order chi connectivity index (χ0) is 19.1. The van der Waals surface area contributed by atoms with Gasteiger partial charge in [-0.05, 0) is 12.0 Å². The molecule has 1 aromatic carbocycles. The number of methoxy groups -OCH3 is 1. The van der Waals surface area contributed by atoms with Crippen molar-refractivity contribution in [1.29, 1.82) is 0 Å². The maximum Gasteiger partial charge on any atom is 0.320 e. The molecular weight excluding hydrogens is 348 g/mol. The van der Waals surface area contributed by atoms with E-state index in [0.717, 1.165) is 5.56 Å². The monoisotopic (exact) mass is 374 g/mol. The lowest BCUT2D eigenvalue weighted by Gasteiger charge is -2.27. The topological polar surface area (TPSA) is 118 Å². The maximum atomic E-state index is 9.06. The van der Waals surface area contributed by atoms with Gasteiger partial charge < -0.3 is 30.5 Å². The van der Waals surface area contributed by atoms with Crippen molar-refractivity contribution in [3.8, 4) is 6.01 Å². The predicted octanol–water partition coefficient (Wildman–Crippen LogP) is 0.772. The van der Waals surface area contributed by atoms with Crippen LogP contribution in [0.3, 0.4) is 0 Å². The molecule has 0 fully saturated rings. The Hall–Kier alpha value is -2.62. The molecular formula is C18H26N6O3. The average Bonchev–Trinajstić information content (AvgIpc) is 3.01. The van der Waals surface area contributed by atoms with E-state index in [1.807, 2.05) is 18.2 Å². The Labute approximate surface area is 158 Å². The highest BCUT2D eigenvalue weighted by atomic mass is 16.5. The van der Waals surface area contributed by atoms with Crippen LogP contribution in [0.25, 0.3) is 0 Å². The number of nitrogens with zero attached hydrogens (tertiary/aromatic N) is 3. The molecule has 2 aromatic rings. The van der Waals surface area contributed by atoms with Gasteiger partial charge in [0.25, 0.3) is 0 Å². The van der Waals surface area contributed by atoms with Gasteiger partial charge in [0.2, 0.25) is 0 Å². The number of nitrogens with one attached hydrogen (secondary N) is 2. The number of nitrogens with two attached hydrogens (primary N) is 1. The number of hydrogen-bond acceptors (Lipinski definition) is 9. The summed E-state index contributed by atoms with van der Waals surface area (Å²) in [6.45, 7) is 2.20. The van der Waals surface area contributed by atoms with E-state index >= 15 is 0 Å². The molecule has 1 aromatic heterocycles. The van der Waals surface area contributed by atoms with Crippen molar-refractivity contribution in [2.75, 3.05) is 49.4 Å². The fourth-order valence-corrected chi connectivity index (χ4v) is 2.83. The van der Waals surface area contributed by atoms with Crippen LogP contribution in [0.2, 0.25) is 0 Å². The number of aliphatic hydroxyl groups excluding tert-OH is 1. The quantitative estimate of drug-likeness (QED) is 0.447. The van der Waals surface area contributed by atoms with Gasteiger partial charge in [-0.1, -0.05) is 30.3 Å². The summed E-state index contributed by atoms with van der Waals surface area (Å²) in [5, 5.41) is 15.8. The van der Waals surface area contributed by atoms with E-state index in [9.17, 15) is 0 Å². The highest BCUT2D eigenvalue weighted by molar-refractivity contribution is 5.81. The normalized spacial score (nSPS) is 15.5. The molecule has 1 aliphatic heterocycles. The molecule has 27 heavy (non-hydrogen) atoms. The van der Waals surface area contributed by atoms with Gasteiger partial charge in [0, 0.05) is 26.8 Å². The van der Waals surface area contributed by atoms with Gasteiger partial charge in [0.15, 0.2) is 17.9 Å². The second-order valence-electron chi connectivity index (χ2n) is 6.12. The van der Waals surface area contributed by atoms with Gasteiger partial charge in [-0.25, -0.2) is 0 Å². The van der Waals surface area contributed by atoms with Gasteiger partial charge in [-0.15, -0.1) is 0 Å². The highest BCUT2D eigenvalue weighted by Gasteiger charge is 2.33. The molecule has 0 spiro atoms. The van der Waals surface area contributed by atoms with Crippen molar-refractivity contribution in [2.24, 2.45) is 0 Å². The summed E-state index contributed by atoms with van der Waals surface area (Å²) in [6, 6.07) is 10.3. The Morgan fingerprint density at radius 1 is 1.26 bits per heavy atom. The number of anilines is 3. The third-order valence-corrected chi connectivity index (χ3v) is 4.15. The highest BCUT2D eigenvalue weighted by Crippen LogP contribution is 2.38. The van der Waals surface area contributed by atoms with Crippen LogP contribution in [0, 0.1) is 0 Å². The minimum atomic E-state index is -0.211. The number of aliphatic hydroxyl groups is 1. The number of ether oxygens (including phenoxy) is 2. The molecule has 0 radical (unpaired) electrons. The van der Waals surface area contributed by atoms with Crippen LogP contribution in [0.15, 0.2) is 30.3 Å². The zero-order valence-electron chi connectivity index (χ0n) is 15.4. The number of fused-ring (bicyclic) bond motifs is 1. The molecule has 1 aliphatic rings. The molecule has 146 valence electrons. The van der Waals surface area contributed by atoms with Crippen LogP contribution in [-0.4, -0.2) is 54.8 Å². The summed E-state index contributed by atoms with van der Waals surface area (Å²) in [7, 11) is 1.61. The molecule has 0 saturated heterocycles. The minimum absolute atomic E-state index is 0.130. The van der Waals surface area contributed by atoms with Crippen molar-refractivity contribution < 1.29 is 14.6 Å². The van der Waals surface area contributed by atoms with E-state index in [0.29, 0.717) is 50.0 Å². The largest absolute Gasteiger partial charge is 0.461 e. The number of rotatable bonds is 10. The molecule has 9 heteroatoms. The predicted molar refractivity (Wildman–Crippen MR) is 104 cm³/mol. The van der Waals surface area contributed by atoms with E-state index < -0.39 is 0 Å². The number of nitrogen functional groups attached to an aromatic ring is 1. The lowest BCUT2D eigenvalue weighted by Crippen LogP contribution is -2.47. The third-order valence-electron chi connectivity index (χ3n) is 4.15. The maximum absolute atomic E-state index is 9.06. The Morgan fingerprint density at radius 2 is 2.07 bits per heavy atom. The average molecular weight is 374 g/mol. The van der Waals surface area contributed by atoms with Crippen LogP contribution in [0.5, 0.6) is 6.01 Å². The van der Waals surface area contributed by atoms with Crippen molar-refractivity contribution in [3.05, 3.63) is 35.9 Å². The molecule has 0 aliphatic carbocycles. The van der Waals surface area contributed by atoms with Gasteiger partial charge in [0.1, 0.15) is 12.3 Å². The Balaban J connectivity index is 1.84. The Morgan fingerprint density at radius 3 is 2.81 bits per heavy atom. The Bertz CT molecular complexity index is 731. The second-order valence-corrected chi connectivity index (χ2v) is 6.12. The molecule has 0 saturated carbocycles. The molecule has 0 bridgehead atoms. The van der Waals surface area contributed by atoms with Crippen molar-refractivity contribution in [2.45, 2.75) is 19.3 Å². The summed E-state index contributed by atoms with van der Waals surface area (Å²) in [4.78, 5) is 10.8.